The molecule has 1 atom stereocenters. The maximum absolute atomic E-state index is 11.9. The zero-order valence-electron chi connectivity index (χ0n) is 12.1. The van der Waals surface area contributed by atoms with Crippen molar-refractivity contribution in [3.63, 3.8) is 0 Å². The van der Waals surface area contributed by atoms with Crippen LogP contribution in [-0.2, 0) is 18.4 Å². The average molecular weight is 295 g/mol. The lowest BCUT2D eigenvalue weighted by atomic mass is 9.84. The molecule has 0 aliphatic heterocycles. The molecule has 1 aliphatic rings. The van der Waals surface area contributed by atoms with E-state index in [0.29, 0.717) is 5.82 Å². The summed E-state index contributed by atoms with van der Waals surface area (Å²) in [6.07, 6.45) is 6.42. The number of amides is 2. The van der Waals surface area contributed by atoms with Crippen LogP contribution in [0.2, 0.25) is 0 Å². The van der Waals surface area contributed by atoms with Crippen molar-refractivity contribution in [1.29, 1.82) is 0 Å². The van der Waals surface area contributed by atoms with E-state index >= 15 is 0 Å². The quantitative estimate of drug-likeness (QED) is 0.739. The summed E-state index contributed by atoms with van der Waals surface area (Å²) >= 11 is 0. The molecule has 1 unspecified atom stereocenters. The molecule has 116 valence electrons. The van der Waals surface area contributed by atoms with Gasteiger partial charge in [-0.25, -0.2) is 9.59 Å². The number of aliphatic carboxylic acids is 1. The van der Waals surface area contributed by atoms with Crippen LogP contribution >= 0.6 is 0 Å². The minimum absolute atomic E-state index is 0.0110. The predicted octanol–water partition coefficient (Wildman–Crippen LogP) is 0.648. The van der Waals surface area contributed by atoms with Gasteiger partial charge in [-0.15, -0.1) is 10.2 Å². The van der Waals surface area contributed by atoms with Gasteiger partial charge in [0.2, 0.25) is 0 Å². The minimum atomic E-state index is -0.976. The monoisotopic (exact) mass is 295 g/mol. The fraction of sp³-hybridized carbons (Fsp3) is 0.692. The summed E-state index contributed by atoms with van der Waals surface area (Å²) in [6, 6.07) is -1.32. The molecule has 1 aliphatic carbocycles. The Labute approximate surface area is 122 Å². The first-order valence-electron chi connectivity index (χ1n) is 7.18. The van der Waals surface area contributed by atoms with E-state index in [1.165, 1.54) is 6.33 Å². The lowest BCUT2D eigenvalue weighted by molar-refractivity contribution is -0.141. The number of aryl methyl sites for hydroxylation is 1. The first kappa shape index (κ1) is 15.3. The molecule has 3 N–H and O–H groups in total. The van der Waals surface area contributed by atoms with Crippen LogP contribution in [0, 0.1) is 5.92 Å². The Bertz CT molecular complexity index is 496. The Balaban J connectivity index is 1.86. The van der Waals surface area contributed by atoms with Gasteiger partial charge in [0.15, 0.2) is 5.82 Å². The van der Waals surface area contributed by atoms with Gasteiger partial charge in [0.25, 0.3) is 0 Å². The highest BCUT2D eigenvalue weighted by Gasteiger charge is 2.30. The summed E-state index contributed by atoms with van der Waals surface area (Å²) in [7, 11) is 1.77. The van der Waals surface area contributed by atoms with Crippen LogP contribution in [0.1, 0.15) is 37.9 Å². The Morgan fingerprint density at radius 1 is 1.43 bits per heavy atom. The molecule has 0 radical (unpaired) electrons. The van der Waals surface area contributed by atoms with Gasteiger partial charge < -0.3 is 20.3 Å². The summed E-state index contributed by atoms with van der Waals surface area (Å²) < 4.78 is 1.69. The largest absolute Gasteiger partial charge is 0.480 e. The highest BCUT2D eigenvalue weighted by molar-refractivity contribution is 5.82. The Kier molecular flexibility index (Phi) is 5.13. The number of carbonyl (C=O) groups excluding carboxylic acids is 1. The second kappa shape index (κ2) is 7.05. The van der Waals surface area contributed by atoms with Crippen LogP contribution in [0.25, 0.3) is 0 Å². The molecule has 1 saturated carbocycles. The third-order valence-electron chi connectivity index (χ3n) is 3.89. The summed E-state index contributed by atoms with van der Waals surface area (Å²) in [4.78, 5) is 23.2. The zero-order chi connectivity index (χ0) is 15.2. The highest BCUT2D eigenvalue weighted by atomic mass is 16.4. The molecular weight excluding hydrogens is 274 g/mol. The van der Waals surface area contributed by atoms with Gasteiger partial charge in [0, 0.05) is 7.05 Å². The van der Waals surface area contributed by atoms with Crippen molar-refractivity contribution in [1.82, 2.24) is 25.4 Å². The van der Waals surface area contributed by atoms with Crippen LogP contribution in [0.4, 0.5) is 4.79 Å². The second-order valence-electron chi connectivity index (χ2n) is 5.40. The van der Waals surface area contributed by atoms with Gasteiger partial charge in [-0.3, -0.25) is 0 Å². The molecule has 21 heavy (non-hydrogen) atoms. The number of carbonyl (C=O) groups is 2. The molecule has 2 rings (SSSR count). The lowest BCUT2D eigenvalue weighted by Crippen LogP contribution is -2.50. The summed E-state index contributed by atoms with van der Waals surface area (Å²) in [6.45, 7) is 0.208. The number of carboxylic acids is 1. The molecular formula is C13H21N5O3. The predicted molar refractivity (Wildman–Crippen MR) is 74.4 cm³/mol. The van der Waals surface area contributed by atoms with Gasteiger partial charge in [-0.2, -0.15) is 0 Å². The Morgan fingerprint density at radius 3 is 2.71 bits per heavy atom. The van der Waals surface area contributed by atoms with Crippen LogP contribution in [0.5, 0.6) is 0 Å². The molecule has 0 bridgehead atoms. The number of rotatable bonds is 5. The SMILES string of the molecule is Cn1cnnc1CNC(=O)NC(C(=O)O)C1CCCCC1. The Morgan fingerprint density at radius 2 is 2.14 bits per heavy atom. The summed E-state index contributed by atoms with van der Waals surface area (Å²) in [5.74, 6) is -0.359. The molecule has 2 amide bonds. The van der Waals surface area contributed by atoms with E-state index in [2.05, 4.69) is 20.8 Å². The molecule has 0 saturated heterocycles. The van der Waals surface area contributed by atoms with Crippen molar-refractivity contribution >= 4 is 12.0 Å². The van der Waals surface area contributed by atoms with Crippen LogP contribution in [0.3, 0.4) is 0 Å². The lowest BCUT2D eigenvalue weighted by Gasteiger charge is -2.28. The molecule has 8 heteroatoms. The maximum Gasteiger partial charge on any atom is 0.326 e. The van der Waals surface area contributed by atoms with E-state index in [0.717, 1.165) is 32.1 Å². The number of carboxylic acid groups (broad SMARTS) is 1. The first-order valence-corrected chi connectivity index (χ1v) is 7.18. The van der Waals surface area contributed by atoms with Crippen molar-refractivity contribution in [2.24, 2.45) is 13.0 Å². The summed E-state index contributed by atoms with van der Waals surface area (Å²) in [5, 5.41) is 22.0. The first-order chi connectivity index (χ1) is 10.1. The molecule has 8 nitrogen and oxygen atoms in total. The third-order valence-corrected chi connectivity index (χ3v) is 3.89. The van der Waals surface area contributed by atoms with E-state index in [9.17, 15) is 14.7 Å². The number of aromatic nitrogens is 3. The molecule has 1 heterocycles. The topological polar surface area (TPSA) is 109 Å². The van der Waals surface area contributed by atoms with Crippen molar-refractivity contribution in [2.45, 2.75) is 44.7 Å². The molecule has 1 aromatic heterocycles. The van der Waals surface area contributed by atoms with Gasteiger partial charge in [-0.1, -0.05) is 19.3 Å². The van der Waals surface area contributed by atoms with Crippen molar-refractivity contribution in [2.75, 3.05) is 0 Å². The standard InChI is InChI=1S/C13H21N5O3/c1-18-8-15-17-10(18)7-14-13(21)16-11(12(19)20)9-5-3-2-4-6-9/h8-9,11H,2-7H2,1H3,(H,19,20)(H2,14,16,21). The van der Waals surface area contributed by atoms with E-state index < -0.39 is 18.0 Å². The molecule has 0 aromatic carbocycles. The Hall–Kier alpha value is -2.12. The number of hydrogen-bond donors (Lipinski definition) is 3. The zero-order valence-corrected chi connectivity index (χ0v) is 12.1. The van der Waals surface area contributed by atoms with E-state index in [1.807, 2.05) is 0 Å². The van der Waals surface area contributed by atoms with Gasteiger partial charge in [0.05, 0.1) is 6.54 Å². The molecule has 0 spiro atoms. The van der Waals surface area contributed by atoms with E-state index in [1.54, 1.807) is 11.6 Å². The highest BCUT2D eigenvalue weighted by Crippen LogP contribution is 2.26. The van der Waals surface area contributed by atoms with Crippen molar-refractivity contribution in [3.8, 4) is 0 Å². The van der Waals surface area contributed by atoms with Gasteiger partial charge >= 0.3 is 12.0 Å². The maximum atomic E-state index is 11.9. The number of urea groups is 1. The molecule has 1 fully saturated rings. The van der Waals surface area contributed by atoms with Crippen LogP contribution in [0.15, 0.2) is 6.33 Å². The van der Waals surface area contributed by atoms with Crippen LogP contribution in [-0.4, -0.2) is 37.9 Å². The fourth-order valence-corrected chi connectivity index (χ4v) is 2.67. The minimum Gasteiger partial charge on any atom is -0.480 e. The van der Waals surface area contributed by atoms with E-state index in [-0.39, 0.29) is 12.5 Å². The van der Waals surface area contributed by atoms with Gasteiger partial charge in [-0.05, 0) is 18.8 Å². The summed E-state index contributed by atoms with van der Waals surface area (Å²) in [5.41, 5.74) is 0. The number of hydrogen-bond acceptors (Lipinski definition) is 4. The van der Waals surface area contributed by atoms with Crippen molar-refractivity contribution < 1.29 is 14.7 Å². The van der Waals surface area contributed by atoms with Crippen LogP contribution < -0.4 is 10.6 Å². The second-order valence-corrected chi connectivity index (χ2v) is 5.40. The number of nitrogens with one attached hydrogen (secondary N) is 2. The molecule has 1 aromatic rings. The third kappa shape index (κ3) is 4.17. The normalized spacial score (nSPS) is 17.2. The smallest absolute Gasteiger partial charge is 0.326 e. The average Bonchev–Trinajstić information content (AvgIpc) is 2.88. The fourth-order valence-electron chi connectivity index (χ4n) is 2.67. The van der Waals surface area contributed by atoms with Crippen molar-refractivity contribution in [3.05, 3.63) is 12.2 Å². The van der Waals surface area contributed by atoms with Gasteiger partial charge in [0.1, 0.15) is 12.4 Å². The number of nitrogens with zero attached hydrogens (tertiary/aromatic N) is 3. The van der Waals surface area contributed by atoms with E-state index in [4.69, 9.17) is 0 Å².